The van der Waals surface area contributed by atoms with E-state index >= 15 is 0 Å². The molecule has 0 amide bonds. The molecule has 1 atom stereocenters. The molecule has 0 rings (SSSR count). The number of nitrogens with zero attached hydrogens (tertiary/aromatic N) is 1. The van der Waals surface area contributed by atoms with Gasteiger partial charge in [0, 0.05) is 0 Å². The molecule has 0 aromatic heterocycles. The van der Waals surface area contributed by atoms with Gasteiger partial charge in [0.2, 0.25) is 0 Å². The van der Waals surface area contributed by atoms with Crippen LogP contribution in [-0.4, -0.2) is 60.6 Å². The van der Waals surface area contributed by atoms with Gasteiger partial charge in [-0.05, 0) is 38.5 Å². The fraction of sp³-hybridized carbons (Fsp3) is 1.00. The van der Waals surface area contributed by atoms with Gasteiger partial charge in [-0.15, -0.1) is 0 Å². The maximum Gasteiger partial charge on any atom is 0.267 e. The van der Waals surface area contributed by atoms with E-state index in [4.69, 9.17) is 0 Å². The van der Waals surface area contributed by atoms with Crippen molar-refractivity contribution in [1.82, 2.24) is 0 Å². The second-order valence-corrected chi connectivity index (χ2v) is 20.4. The largest absolute Gasteiger partial charge is 0.386 e. The third kappa shape index (κ3) is 43.7. The van der Waals surface area contributed by atoms with Gasteiger partial charge in [-0.2, -0.15) is 8.42 Å². The van der Waals surface area contributed by atoms with Crippen molar-refractivity contribution in [1.29, 1.82) is 0 Å². The first kappa shape index (κ1) is 56.8. The van der Waals surface area contributed by atoms with Crippen LogP contribution in [0.5, 0.6) is 0 Å². The van der Waals surface area contributed by atoms with E-state index in [9.17, 15) is 18.1 Å². The van der Waals surface area contributed by atoms with E-state index in [1.807, 2.05) is 0 Å². The lowest BCUT2D eigenvalue weighted by atomic mass is 10.0. The number of quaternary nitrogens is 1. The Kier molecular flexibility index (Phi) is 43.8. The number of rotatable bonds is 49. The molecule has 0 aromatic carbocycles. The van der Waals surface area contributed by atoms with Gasteiger partial charge in [0.1, 0.15) is 18.4 Å². The third-order valence-corrected chi connectivity index (χ3v) is 13.8. The molecule has 0 aliphatic carbocycles. The van der Waals surface area contributed by atoms with Crippen LogP contribution in [0.3, 0.4) is 0 Å². The normalized spacial score (nSPS) is 12.9. The van der Waals surface area contributed by atoms with Gasteiger partial charge >= 0.3 is 0 Å². The van der Waals surface area contributed by atoms with Crippen molar-refractivity contribution in [2.45, 2.75) is 297 Å². The highest BCUT2D eigenvalue weighted by Gasteiger charge is 2.31. The monoisotopic (exact) mass is 829 g/mol. The molecule has 6 heteroatoms. The summed E-state index contributed by atoms with van der Waals surface area (Å²) < 4.78 is 34.1. The molecule has 5 nitrogen and oxygen atoms in total. The molecule has 0 spiro atoms. The van der Waals surface area contributed by atoms with E-state index < -0.39 is 22.0 Å². The van der Waals surface area contributed by atoms with Gasteiger partial charge in [-0.1, -0.05) is 252 Å². The Balaban J connectivity index is 4.84. The van der Waals surface area contributed by atoms with Crippen molar-refractivity contribution >= 4 is 10.1 Å². The van der Waals surface area contributed by atoms with Crippen molar-refractivity contribution in [3.63, 3.8) is 0 Å². The minimum absolute atomic E-state index is 0.453. The summed E-state index contributed by atoms with van der Waals surface area (Å²) in [5.74, 6) is -0.538. The number of aliphatic hydroxyl groups excluding tert-OH is 1. The second-order valence-electron chi connectivity index (χ2n) is 18.9. The molecule has 2 N–H and O–H groups in total. The summed E-state index contributed by atoms with van der Waals surface area (Å²) in [6.07, 6.45) is 55.5. The Morgan fingerprint density at radius 3 is 0.684 bits per heavy atom. The van der Waals surface area contributed by atoms with Crippen molar-refractivity contribution in [3.05, 3.63) is 0 Å². The van der Waals surface area contributed by atoms with Crippen LogP contribution in [0.15, 0.2) is 0 Å². The van der Waals surface area contributed by atoms with Crippen LogP contribution in [0, 0.1) is 0 Å². The highest BCUT2D eigenvalue weighted by Crippen LogP contribution is 2.22. The molecule has 1 unspecified atom stereocenters. The molecule has 0 saturated carbocycles. The Morgan fingerprint density at radius 2 is 0.509 bits per heavy atom. The van der Waals surface area contributed by atoms with Crippen molar-refractivity contribution < 1.29 is 22.6 Å². The summed E-state index contributed by atoms with van der Waals surface area (Å²) >= 11 is 0. The lowest BCUT2D eigenvalue weighted by molar-refractivity contribution is -0.931. The van der Waals surface area contributed by atoms with Crippen LogP contribution in [0.25, 0.3) is 0 Å². The highest BCUT2D eigenvalue weighted by molar-refractivity contribution is 7.85. The third-order valence-electron chi connectivity index (χ3n) is 13.0. The van der Waals surface area contributed by atoms with Crippen molar-refractivity contribution in [2.75, 3.05) is 31.9 Å². The molecule has 57 heavy (non-hydrogen) atoms. The Morgan fingerprint density at radius 1 is 0.333 bits per heavy atom. The lowest BCUT2D eigenvalue weighted by Crippen LogP contribution is -2.55. The average Bonchev–Trinajstić information content (AvgIpc) is 3.17. The summed E-state index contributed by atoms with van der Waals surface area (Å²) in [4.78, 5) is 0. The van der Waals surface area contributed by atoms with E-state index in [-0.39, 0.29) is 0 Å². The van der Waals surface area contributed by atoms with E-state index in [1.54, 1.807) is 0 Å². The number of aliphatic hydroxyl groups is 1. The zero-order chi connectivity index (χ0) is 41.8. The van der Waals surface area contributed by atoms with Crippen molar-refractivity contribution in [3.8, 4) is 0 Å². The van der Waals surface area contributed by atoms with Crippen LogP contribution in [-0.2, 0) is 10.1 Å². The van der Waals surface area contributed by atoms with Crippen LogP contribution < -0.4 is 0 Å². The molecule has 0 aliphatic rings. The maximum atomic E-state index is 11.8. The summed E-state index contributed by atoms with van der Waals surface area (Å²) in [7, 11) is -4.20. The topological polar surface area (TPSA) is 74.6 Å². The molecule has 344 valence electrons. The second kappa shape index (κ2) is 43.9. The van der Waals surface area contributed by atoms with Crippen LogP contribution in [0.1, 0.15) is 290 Å². The maximum absolute atomic E-state index is 11.8. The zero-order valence-corrected chi connectivity index (χ0v) is 40.2. The fourth-order valence-corrected chi connectivity index (χ4v) is 9.87. The van der Waals surface area contributed by atoms with Crippen molar-refractivity contribution in [2.24, 2.45) is 0 Å². The van der Waals surface area contributed by atoms with E-state index in [0.717, 1.165) is 43.4 Å². The van der Waals surface area contributed by atoms with E-state index in [1.165, 1.54) is 250 Å². The first-order valence-corrected chi connectivity index (χ1v) is 27.9. The number of unbranched alkanes of at least 4 members (excludes halogenated alkanes) is 39. The van der Waals surface area contributed by atoms with Gasteiger partial charge < -0.3 is 9.59 Å². The minimum Gasteiger partial charge on any atom is -0.386 e. The number of hydrogen-bond donors (Lipinski definition) is 2. The van der Waals surface area contributed by atoms with Crippen LogP contribution in [0.2, 0.25) is 0 Å². The van der Waals surface area contributed by atoms with Gasteiger partial charge in [-0.3, -0.25) is 4.55 Å². The minimum atomic E-state index is -4.20. The van der Waals surface area contributed by atoms with Gasteiger partial charge in [-0.25, -0.2) is 0 Å². The Bertz CT molecular complexity index is 802. The fourth-order valence-electron chi connectivity index (χ4n) is 9.28. The molecule has 0 aromatic rings. The zero-order valence-electron chi connectivity index (χ0n) is 39.4. The molecule has 0 radical (unpaired) electrons. The molecule has 0 saturated heterocycles. The molecule has 0 heterocycles. The quantitative estimate of drug-likeness (QED) is 0.0364. The van der Waals surface area contributed by atoms with Gasteiger partial charge in [0.15, 0.2) is 0 Å². The first-order valence-electron chi connectivity index (χ1n) is 26.3. The average molecular weight is 829 g/mol. The molecular formula is C51H106NO4S+. The standard InChI is InChI=1S/C51H105NO4S/c1-4-7-10-13-16-19-22-25-28-31-34-37-40-43-46-52(49-51(53)50-57(54,55)56,47-44-41-38-35-32-29-26-23-20-17-14-11-8-5-2)48-45-42-39-36-33-30-27-24-21-18-15-12-9-6-3/h51,53H,4-50H2,1-3H3/p+1. The first-order chi connectivity index (χ1) is 27.8. The smallest absolute Gasteiger partial charge is 0.267 e. The summed E-state index contributed by atoms with van der Waals surface area (Å²) in [6.45, 7) is 10.4. The highest BCUT2D eigenvalue weighted by atomic mass is 32.2. The van der Waals surface area contributed by atoms with Crippen LogP contribution in [0.4, 0.5) is 0 Å². The summed E-state index contributed by atoms with van der Waals surface area (Å²) in [5, 5.41) is 11.0. The molecule has 0 aliphatic heterocycles. The summed E-state index contributed by atoms with van der Waals surface area (Å²) in [5.41, 5.74) is 0. The van der Waals surface area contributed by atoms with Gasteiger partial charge in [0.05, 0.1) is 19.6 Å². The Labute approximate surface area is 359 Å². The van der Waals surface area contributed by atoms with E-state index in [2.05, 4.69) is 20.8 Å². The summed E-state index contributed by atoms with van der Waals surface area (Å²) in [6, 6.07) is 0. The van der Waals surface area contributed by atoms with E-state index in [0.29, 0.717) is 6.54 Å². The molecule has 0 fully saturated rings. The van der Waals surface area contributed by atoms with Crippen LogP contribution >= 0.6 is 0 Å². The van der Waals surface area contributed by atoms with Gasteiger partial charge in [0.25, 0.3) is 10.1 Å². The predicted molar refractivity (Wildman–Crippen MR) is 253 cm³/mol. The predicted octanol–water partition coefficient (Wildman–Crippen LogP) is 16.5. The lowest BCUT2D eigenvalue weighted by Gasteiger charge is -2.40. The molecular weight excluding hydrogens is 723 g/mol. The SMILES string of the molecule is CCCCCCCCCCCCCCCC[N+](CCCCCCCCCCCCCCCC)(CCCCCCCCCCCCCCCC)CC(O)CS(=O)(=O)O. The Hall–Kier alpha value is -0.170. The number of hydrogen-bond acceptors (Lipinski definition) is 3. The molecule has 0 bridgehead atoms.